The first-order valence-corrected chi connectivity index (χ1v) is 10.5. The molecular formula is C25H30O5. The molecule has 0 spiro atoms. The van der Waals surface area contributed by atoms with Crippen molar-refractivity contribution in [3.05, 3.63) is 59.7 Å². The van der Waals surface area contributed by atoms with Gasteiger partial charge in [-0.2, -0.15) is 0 Å². The normalized spacial score (nSPS) is 21.1. The third-order valence-electron chi connectivity index (χ3n) is 6.16. The van der Waals surface area contributed by atoms with E-state index in [-0.39, 0.29) is 12.2 Å². The molecule has 0 unspecified atom stereocenters. The Morgan fingerprint density at radius 3 is 2.40 bits per heavy atom. The number of carbonyl (C=O) groups excluding carboxylic acids is 1. The first-order chi connectivity index (χ1) is 14.4. The molecule has 0 saturated heterocycles. The number of carboxylic acid groups (broad SMARTS) is 1. The number of carboxylic acids is 1. The Morgan fingerprint density at radius 1 is 1.07 bits per heavy atom. The standard InChI is InChI=1S/C25H30O5/c1-18-10-13-25(14-11-18,24(27)28)17-21(26)20-8-9-22(29-2)23(16-20)30-15-12-19-6-4-3-5-7-19/h3-9,16,18H,10-15,17H2,1-2H3,(H,27,28). The molecule has 1 saturated carbocycles. The van der Waals surface area contributed by atoms with Crippen molar-refractivity contribution in [1.29, 1.82) is 0 Å². The van der Waals surface area contributed by atoms with E-state index in [4.69, 9.17) is 9.47 Å². The molecule has 1 aliphatic rings. The number of methoxy groups -OCH3 is 1. The van der Waals surface area contributed by atoms with Crippen molar-refractivity contribution >= 4 is 11.8 Å². The molecule has 5 heteroatoms. The Kier molecular flexibility index (Phi) is 7.14. The first-order valence-electron chi connectivity index (χ1n) is 10.5. The summed E-state index contributed by atoms with van der Waals surface area (Å²) in [6.45, 7) is 2.59. The van der Waals surface area contributed by atoms with Gasteiger partial charge in [0.25, 0.3) is 0 Å². The highest BCUT2D eigenvalue weighted by atomic mass is 16.5. The van der Waals surface area contributed by atoms with Gasteiger partial charge in [0.15, 0.2) is 17.3 Å². The summed E-state index contributed by atoms with van der Waals surface area (Å²) in [6, 6.07) is 15.1. The predicted octanol–water partition coefficient (Wildman–Crippen LogP) is 5.17. The number of aliphatic carboxylic acids is 1. The van der Waals surface area contributed by atoms with Crippen molar-refractivity contribution in [3.63, 3.8) is 0 Å². The van der Waals surface area contributed by atoms with Gasteiger partial charge in [-0.3, -0.25) is 9.59 Å². The molecule has 0 aromatic heterocycles. The minimum absolute atomic E-state index is 0.0187. The summed E-state index contributed by atoms with van der Waals surface area (Å²) in [7, 11) is 1.56. The van der Waals surface area contributed by atoms with Crippen LogP contribution in [0.25, 0.3) is 0 Å². The van der Waals surface area contributed by atoms with Gasteiger partial charge in [0, 0.05) is 18.4 Å². The van der Waals surface area contributed by atoms with Gasteiger partial charge in [-0.15, -0.1) is 0 Å². The molecule has 1 aliphatic carbocycles. The first kappa shape index (κ1) is 21.9. The monoisotopic (exact) mass is 410 g/mol. The smallest absolute Gasteiger partial charge is 0.310 e. The van der Waals surface area contributed by atoms with Gasteiger partial charge in [-0.05, 0) is 55.4 Å². The lowest BCUT2D eigenvalue weighted by Gasteiger charge is -2.35. The van der Waals surface area contributed by atoms with E-state index in [0.29, 0.717) is 42.4 Å². The highest BCUT2D eigenvalue weighted by Gasteiger charge is 2.43. The zero-order chi connectivity index (χ0) is 21.6. The molecule has 0 heterocycles. The van der Waals surface area contributed by atoms with Crippen molar-refractivity contribution < 1.29 is 24.2 Å². The molecule has 2 aromatic rings. The van der Waals surface area contributed by atoms with Crippen molar-refractivity contribution in [1.82, 2.24) is 0 Å². The van der Waals surface area contributed by atoms with Crippen molar-refractivity contribution in [2.45, 2.75) is 45.4 Å². The zero-order valence-electron chi connectivity index (χ0n) is 17.7. The average molecular weight is 411 g/mol. The van der Waals surface area contributed by atoms with E-state index in [0.717, 1.165) is 19.3 Å². The lowest BCUT2D eigenvalue weighted by Crippen LogP contribution is -2.37. The number of hydrogen-bond donors (Lipinski definition) is 1. The molecule has 0 atom stereocenters. The van der Waals surface area contributed by atoms with Crippen molar-refractivity contribution in [3.8, 4) is 11.5 Å². The van der Waals surface area contributed by atoms with E-state index >= 15 is 0 Å². The van der Waals surface area contributed by atoms with Crippen LogP contribution >= 0.6 is 0 Å². The molecule has 1 N–H and O–H groups in total. The summed E-state index contributed by atoms with van der Waals surface area (Å²) >= 11 is 0. The van der Waals surface area contributed by atoms with Crippen LogP contribution in [-0.2, 0) is 11.2 Å². The molecule has 0 aliphatic heterocycles. The Hall–Kier alpha value is -2.82. The van der Waals surface area contributed by atoms with Crippen LogP contribution in [0, 0.1) is 11.3 Å². The summed E-state index contributed by atoms with van der Waals surface area (Å²) < 4.78 is 11.3. The maximum atomic E-state index is 13.0. The van der Waals surface area contributed by atoms with Gasteiger partial charge >= 0.3 is 5.97 Å². The molecule has 0 amide bonds. The molecule has 2 aromatic carbocycles. The van der Waals surface area contributed by atoms with Crippen LogP contribution in [0.3, 0.4) is 0 Å². The molecule has 1 fully saturated rings. The van der Waals surface area contributed by atoms with Crippen LogP contribution in [0.1, 0.15) is 54.9 Å². The third-order valence-corrected chi connectivity index (χ3v) is 6.16. The van der Waals surface area contributed by atoms with Gasteiger partial charge in [-0.25, -0.2) is 0 Å². The topological polar surface area (TPSA) is 72.8 Å². The maximum Gasteiger partial charge on any atom is 0.310 e. The van der Waals surface area contributed by atoms with Crippen molar-refractivity contribution in [2.24, 2.45) is 11.3 Å². The number of ketones is 1. The molecule has 3 rings (SSSR count). The lowest BCUT2D eigenvalue weighted by molar-refractivity contribution is -0.151. The fraction of sp³-hybridized carbons (Fsp3) is 0.440. The van der Waals surface area contributed by atoms with E-state index in [1.54, 1.807) is 25.3 Å². The van der Waals surface area contributed by atoms with Gasteiger partial charge < -0.3 is 14.6 Å². The summed E-state index contributed by atoms with van der Waals surface area (Å²) in [5, 5.41) is 9.84. The van der Waals surface area contributed by atoms with Crippen LogP contribution in [0.15, 0.2) is 48.5 Å². The summed E-state index contributed by atoms with van der Waals surface area (Å²) in [5.41, 5.74) is 0.668. The second kappa shape index (κ2) is 9.79. The Labute approximate surface area is 178 Å². The average Bonchev–Trinajstić information content (AvgIpc) is 2.76. The minimum atomic E-state index is -0.960. The highest BCUT2D eigenvalue weighted by molar-refractivity contribution is 5.99. The lowest BCUT2D eigenvalue weighted by atomic mass is 9.68. The fourth-order valence-corrected chi connectivity index (χ4v) is 4.08. The second-order valence-electron chi connectivity index (χ2n) is 8.32. The number of ether oxygens (including phenoxy) is 2. The Balaban J connectivity index is 1.71. The Bertz CT molecular complexity index is 866. The van der Waals surface area contributed by atoms with Crippen LogP contribution in [0.2, 0.25) is 0 Å². The van der Waals surface area contributed by atoms with Gasteiger partial charge in [0.05, 0.1) is 19.1 Å². The quantitative estimate of drug-likeness (QED) is 0.577. The molecular weight excluding hydrogens is 380 g/mol. The number of benzene rings is 2. The molecule has 160 valence electrons. The van der Waals surface area contributed by atoms with E-state index < -0.39 is 11.4 Å². The molecule has 30 heavy (non-hydrogen) atoms. The SMILES string of the molecule is COc1ccc(C(=O)CC2(C(=O)O)CCC(C)CC2)cc1OCCc1ccccc1. The summed E-state index contributed by atoms with van der Waals surface area (Å²) in [5.74, 6) is 0.538. The Morgan fingerprint density at radius 2 is 1.77 bits per heavy atom. The molecule has 5 nitrogen and oxygen atoms in total. The van der Waals surface area contributed by atoms with Gasteiger partial charge in [-0.1, -0.05) is 37.3 Å². The fourth-order valence-electron chi connectivity index (χ4n) is 4.08. The van der Waals surface area contributed by atoms with Crippen molar-refractivity contribution in [2.75, 3.05) is 13.7 Å². The zero-order valence-corrected chi connectivity index (χ0v) is 17.7. The van der Waals surface area contributed by atoms with E-state index in [1.807, 2.05) is 30.3 Å². The minimum Gasteiger partial charge on any atom is -0.493 e. The van der Waals surface area contributed by atoms with E-state index in [9.17, 15) is 14.7 Å². The maximum absolute atomic E-state index is 13.0. The molecule has 0 bridgehead atoms. The third kappa shape index (κ3) is 5.21. The van der Waals surface area contributed by atoms with Gasteiger partial charge in [0.1, 0.15) is 0 Å². The highest BCUT2D eigenvalue weighted by Crippen LogP contribution is 2.43. The van der Waals surface area contributed by atoms with E-state index in [1.165, 1.54) is 5.56 Å². The van der Waals surface area contributed by atoms with Gasteiger partial charge in [0.2, 0.25) is 0 Å². The number of hydrogen-bond acceptors (Lipinski definition) is 4. The second-order valence-corrected chi connectivity index (χ2v) is 8.32. The largest absolute Gasteiger partial charge is 0.493 e. The van der Waals surface area contributed by atoms with Crippen LogP contribution in [0.4, 0.5) is 0 Å². The summed E-state index contributed by atoms with van der Waals surface area (Å²) in [6.07, 6.45) is 3.54. The van der Waals surface area contributed by atoms with Crippen LogP contribution < -0.4 is 9.47 Å². The number of carbonyl (C=O) groups is 2. The van der Waals surface area contributed by atoms with E-state index in [2.05, 4.69) is 6.92 Å². The summed E-state index contributed by atoms with van der Waals surface area (Å²) in [4.78, 5) is 25.0. The molecule has 0 radical (unpaired) electrons. The number of Topliss-reactive ketones (excluding diaryl/α,β-unsaturated/α-hetero) is 1. The van der Waals surface area contributed by atoms with Crippen LogP contribution in [0.5, 0.6) is 11.5 Å². The number of rotatable bonds is 9. The predicted molar refractivity (Wildman–Crippen MR) is 115 cm³/mol. The van der Waals surface area contributed by atoms with Crippen LogP contribution in [-0.4, -0.2) is 30.6 Å².